The maximum absolute atomic E-state index is 12.6. The standard InChI is InChI=1S/C24H33N5O/c1-16-8-7-13-28(14-16)15-17(2)25-23(30)12-11-20-18(3)26-24-21-9-5-6-10-22(21)27-29(24)19(20)4/h5-6,9-10,16-17H,7-8,11-15H2,1-4H3,(H,25,30). The summed E-state index contributed by atoms with van der Waals surface area (Å²) in [6.07, 6.45) is 3.73. The third-order valence-electron chi connectivity index (χ3n) is 6.30. The summed E-state index contributed by atoms with van der Waals surface area (Å²) in [5.41, 5.74) is 5.00. The molecule has 0 radical (unpaired) electrons. The van der Waals surface area contributed by atoms with E-state index in [4.69, 9.17) is 10.1 Å². The van der Waals surface area contributed by atoms with Gasteiger partial charge in [0.1, 0.15) is 0 Å². The number of benzene rings is 1. The largest absolute Gasteiger partial charge is 0.352 e. The lowest BCUT2D eigenvalue weighted by Gasteiger charge is -2.32. The molecule has 0 spiro atoms. The van der Waals surface area contributed by atoms with Crippen molar-refractivity contribution >= 4 is 22.5 Å². The number of nitrogens with one attached hydrogen (secondary N) is 1. The molecule has 0 saturated carbocycles. The highest BCUT2D eigenvalue weighted by Crippen LogP contribution is 2.23. The van der Waals surface area contributed by atoms with Crippen LogP contribution in [0.3, 0.4) is 0 Å². The smallest absolute Gasteiger partial charge is 0.220 e. The molecule has 6 nitrogen and oxygen atoms in total. The van der Waals surface area contributed by atoms with E-state index in [1.54, 1.807) is 0 Å². The molecule has 2 aromatic heterocycles. The first-order valence-electron chi connectivity index (χ1n) is 11.2. The number of aryl methyl sites for hydroxylation is 2. The van der Waals surface area contributed by atoms with Crippen LogP contribution in [0.25, 0.3) is 16.6 Å². The molecule has 2 unspecified atom stereocenters. The number of amides is 1. The fourth-order valence-corrected chi connectivity index (χ4v) is 4.81. The fraction of sp³-hybridized carbons (Fsp3) is 0.542. The van der Waals surface area contributed by atoms with Crippen LogP contribution in [0, 0.1) is 19.8 Å². The van der Waals surface area contributed by atoms with E-state index in [0.29, 0.717) is 12.8 Å². The van der Waals surface area contributed by atoms with E-state index >= 15 is 0 Å². The topological polar surface area (TPSA) is 62.5 Å². The molecule has 1 amide bonds. The first-order valence-corrected chi connectivity index (χ1v) is 11.2. The van der Waals surface area contributed by atoms with Gasteiger partial charge in [0.25, 0.3) is 0 Å². The Morgan fingerprint density at radius 2 is 2.10 bits per heavy atom. The number of piperidine rings is 1. The predicted molar refractivity (Wildman–Crippen MR) is 121 cm³/mol. The van der Waals surface area contributed by atoms with Gasteiger partial charge in [-0.1, -0.05) is 19.1 Å². The second-order valence-corrected chi connectivity index (χ2v) is 8.99. The van der Waals surface area contributed by atoms with Crippen LogP contribution in [-0.2, 0) is 11.2 Å². The van der Waals surface area contributed by atoms with Crippen molar-refractivity contribution in [3.05, 3.63) is 41.2 Å². The summed E-state index contributed by atoms with van der Waals surface area (Å²) in [5.74, 6) is 0.867. The van der Waals surface area contributed by atoms with Gasteiger partial charge in [-0.25, -0.2) is 9.50 Å². The lowest BCUT2D eigenvalue weighted by molar-refractivity contribution is -0.121. The second-order valence-electron chi connectivity index (χ2n) is 8.99. The number of hydrogen-bond donors (Lipinski definition) is 1. The number of aromatic nitrogens is 3. The van der Waals surface area contributed by atoms with E-state index in [1.165, 1.54) is 12.8 Å². The minimum Gasteiger partial charge on any atom is -0.352 e. The Balaban J connectivity index is 1.40. The Hall–Kier alpha value is -2.47. The predicted octanol–water partition coefficient (Wildman–Crippen LogP) is 3.67. The van der Waals surface area contributed by atoms with E-state index in [2.05, 4.69) is 37.1 Å². The number of nitrogens with zero attached hydrogens (tertiary/aromatic N) is 4. The van der Waals surface area contributed by atoms with Crippen LogP contribution >= 0.6 is 0 Å². The van der Waals surface area contributed by atoms with Crippen molar-refractivity contribution in [1.29, 1.82) is 0 Å². The number of carbonyl (C=O) groups is 1. The maximum atomic E-state index is 12.6. The Morgan fingerprint density at radius 1 is 1.30 bits per heavy atom. The lowest BCUT2D eigenvalue weighted by Crippen LogP contribution is -2.45. The molecule has 1 aliphatic heterocycles. The second kappa shape index (κ2) is 8.72. The average molecular weight is 408 g/mol. The number of likely N-dealkylation sites (tertiary alicyclic amines) is 1. The van der Waals surface area contributed by atoms with Crippen LogP contribution in [-0.4, -0.2) is 51.1 Å². The van der Waals surface area contributed by atoms with Crippen molar-refractivity contribution < 1.29 is 4.79 Å². The molecule has 6 heteroatoms. The third-order valence-corrected chi connectivity index (χ3v) is 6.30. The van der Waals surface area contributed by atoms with E-state index in [1.807, 2.05) is 29.6 Å². The first kappa shape index (κ1) is 20.8. The maximum Gasteiger partial charge on any atom is 0.220 e. The van der Waals surface area contributed by atoms with Crippen LogP contribution in [0.15, 0.2) is 24.3 Å². The molecule has 3 heterocycles. The van der Waals surface area contributed by atoms with Gasteiger partial charge in [-0.15, -0.1) is 0 Å². The van der Waals surface area contributed by atoms with Crippen molar-refractivity contribution in [2.24, 2.45) is 5.92 Å². The van der Waals surface area contributed by atoms with Gasteiger partial charge in [-0.05, 0) is 70.2 Å². The minimum atomic E-state index is 0.108. The Labute approximate surface area is 178 Å². The fourth-order valence-electron chi connectivity index (χ4n) is 4.81. The molecular formula is C24H33N5O. The quantitative estimate of drug-likeness (QED) is 0.677. The highest BCUT2D eigenvalue weighted by atomic mass is 16.1. The number of rotatable bonds is 6. The Kier molecular flexibility index (Phi) is 6.04. The number of fused-ring (bicyclic) bond motifs is 3. The zero-order chi connectivity index (χ0) is 21.3. The third kappa shape index (κ3) is 4.33. The van der Waals surface area contributed by atoms with E-state index in [9.17, 15) is 4.79 Å². The van der Waals surface area contributed by atoms with Crippen molar-refractivity contribution in [1.82, 2.24) is 24.8 Å². The number of hydrogen-bond acceptors (Lipinski definition) is 4. The van der Waals surface area contributed by atoms with E-state index < -0.39 is 0 Å². The monoisotopic (exact) mass is 407 g/mol. The van der Waals surface area contributed by atoms with Gasteiger partial charge >= 0.3 is 0 Å². The van der Waals surface area contributed by atoms with E-state index in [0.717, 1.165) is 59.1 Å². The van der Waals surface area contributed by atoms with Crippen LogP contribution in [0.2, 0.25) is 0 Å². The first-order chi connectivity index (χ1) is 14.4. The van der Waals surface area contributed by atoms with Crippen molar-refractivity contribution in [3.63, 3.8) is 0 Å². The summed E-state index contributed by atoms with van der Waals surface area (Å²) >= 11 is 0. The van der Waals surface area contributed by atoms with Crippen LogP contribution in [0.1, 0.15) is 50.1 Å². The summed E-state index contributed by atoms with van der Waals surface area (Å²) in [7, 11) is 0. The molecule has 1 aliphatic rings. The lowest BCUT2D eigenvalue weighted by atomic mass is 10.00. The molecule has 4 rings (SSSR count). The van der Waals surface area contributed by atoms with Gasteiger partial charge in [0.2, 0.25) is 5.91 Å². The summed E-state index contributed by atoms with van der Waals surface area (Å²) in [6.45, 7) is 11.7. The van der Waals surface area contributed by atoms with Gasteiger partial charge in [0.05, 0.1) is 5.52 Å². The normalized spacial score (nSPS) is 18.7. The molecule has 2 atom stereocenters. The summed E-state index contributed by atoms with van der Waals surface area (Å²) in [5, 5.41) is 8.96. The van der Waals surface area contributed by atoms with Crippen LogP contribution in [0.4, 0.5) is 0 Å². The molecule has 1 aromatic carbocycles. The molecule has 160 valence electrons. The molecule has 0 aliphatic carbocycles. The van der Waals surface area contributed by atoms with Crippen LogP contribution < -0.4 is 5.32 Å². The SMILES string of the molecule is Cc1nc2c3ccccc3nn2c(C)c1CCC(=O)NC(C)CN1CCCC(C)C1. The van der Waals surface area contributed by atoms with Crippen molar-refractivity contribution in [3.8, 4) is 0 Å². The van der Waals surface area contributed by atoms with Gasteiger partial charge in [0.15, 0.2) is 5.65 Å². The van der Waals surface area contributed by atoms with Crippen LogP contribution in [0.5, 0.6) is 0 Å². The minimum absolute atomic E-state index is 0.108. The van der Waals surface area contributed by atoms with Gasteiger partial charge in [-0.2, -0.15) is 5.10 Å². The summed E-state index contributed by atoms with van der Waals surface area (Å²) < 4.78 is 1.92. The highest BCUT2D eigenvalue weighted by Gasteiger charge is 2.19. The van der Waals surface area contributed by atoms with Crippen molar-refractivity contribution in [2.75, 3.05) is 19.6 Å². The highest BCUT2D eigenvalue weighted by molar-refractivity contribution is 5.92. The van der Waals surface area contributed by atoms with Crippen molar-refractivity contribution in [2.45, 2.75) is 59.4 Å². The zero-order valence-corrected chi connectivity index (χ0v) is 18.6. The summed E-state index contributed by atoms with van der Waals surface area (Å²) in [4.78, 5) is 19.9. The molecule has 1 saturated heterocycles. The Bertz CT molecular complexity index is 1060. The molecule has 1 fully saturated rings. The molecular weight excluding hydrogens is 374 g/mol. The van der Waals surface area contributed by atoms with Gasteiger partial charge in [-0.3, -0.25) is 4.79 Å². The zero-order valence-electron chi connectivity index (χ0n) is 18.6. The Morgan fingerprint density at radius 3 is 2.90 bits per heavy atom. The summed E-state index contributed by atoms with van der Waals surface area (Å²) in [6, 6.07) is 8.24. The van der Waals surface area contributed by atoms with E-state index in [-0.39, 0.29) is 11.9 Å². The average Bonchev–Trinajstić information content (AvgIpc) is 3.06. The molecule has 30 heavy (non-hydrogen) atoms. The van der Waals surface area contributed by atoms with Gasteiger partial charge < -0.3 is 10.2 Å². The molecule has 0 bridgehead atoms. The number of carbonyl (C=O) groups excluding carboxylic acids is 1. The molecule has 3 aromatic rings. The van der Waals surface area contributed by atoms with Gasteiger partial charge in [0, 0.05) is 42.3 Å². The molecule has 1 N–H and O–H groups in total.